The molecule has 0 saturated carbocycles. The summed E-state index contributed by atoms with van der Waals surface area (Å²) in [7, 11) is -3.59. The normalized spacial score (nSPS) is 13.7. The number of nitrogens with one attached hydrogen (secondary N) is 1. The molecular formula is C12H11NO5S. The van der Waals surface area contributed by atoms with Crippen LogP contribution in [0.15, 0.2) is 46.1 Å². The van der Waals surface area contributed by atoms with Gasteiger partial charge in [0.1, 0.15) is 0 Å². The van der Waals surface area contributed by atoms with Crippen molar-refractivity contribution in [1.82, 2.24) is 4.72 Å². The Labute approximate surface area is 110 Å². The van der Waals surface area contributed by atoms with Crippen molar-refractivity contribution in [2.24, 2.45) is 0 Å². The number of hydrogen-bond donors (Lipinski definition) is 1. The van der Waals surface area contributed by atoms with Crippen LogP contribution < -0.4 is 14.2 Å². The van der Waals surface area contributed by atoms with Crippen LogP contribution in [-0.2, 0) is 16.6 Å². The van der Waals surface area contributed by atoms with E-state index in [0.717, 1.165) is 5.56 Å². The molecule has 1 aromatic heterocycles. The second-order valence-corrected chi connectivity index (χ2v) is 5.74. The van der Waals surface area contributed by atoms with E-state index in [1.165, 1.54) is 24.7 Å². The molecule has 0 amide bonds. The van der Waals surface area contributed by atoms with Gasteiger partial charge in [0.25, 0.3) is 0 Å². The molecule has 7 heteroatoms. The van der Waals surface area contributed by atoms with Crippen LogP contribution in [0, 0.1) is 0 Å². The third-order valence-corrected chi connectivity index (χ3v) is 4.10. The average Bonchev–Trinajstić information content (AvgIpc) is 3.06. The molecule has 1 N–H and O–H groups in total. The first kappa shape index (κ1) is 12.1. The molecule has 0 fully saturated rings. The van der Waals surface area contributed by atoms with Crippen molar-refractivity contribution in [3.05, 3.63) is 42.4 Å². The molecule has 1 aliphatic rings. The first-order chi connectivity index (χ1) is 9.15. The van der Waals surface area contributed by atoms with Crippen LogP contribution in [-0.4, -0.2) is 15.2 Å². The molecular weight excluding hydrogens is 270 g/mol. The van der Waals surface area contributed by atoms with Gasteiger partial charge in [-0.2, -0.15) is 0 Å². The van der Waals surface area contributed by atoms with Crippen LogP contribution >= 0.6 is 0 Å². The fraction of sp³-hybridized carbons (Fsp3) is 0.167. The van der Waals surface area contributed by atoms with Crippen molar-refractivity contribution < 1.29 is 22.3 Å². The molecule has 2 heterocycles. The SMILES string of the molecule is O=S(=O)(NCc1ccoc1)c1ccc2c(c1)OCO2. The Morgan fingerprint density at radius 2 is 2.00 bits per heavy atom. The highest BCUT2D eigenvalue weighted by molar-refractivity contribution is 7.89. The van der Waals surface area contributed by atoms with Gasteiger partial charge in [0, 0.05) is 18.2 Å². The van der Waals surface area contributed by atoms with Gasteiger partial charge in [-0.3, -0.25) is 0 Å². The third-order valence-electron chi connectivity index (χ3n) is 2.70. The fourth-order valence-electron chi connectivity index (χ4n) is 1.70. The summed E-state index contributed by atoms with van der Waals surface area (Å²) in [5.74, 6) is 0.986. The highest BCUT2D eigenvalue weighted by Gasteiger charge is 2.20. The lowest BCUT2D eigenvalue weighted by atomic mass is 10.3. The Hall–Kier alpha value is -1.99. The van der Waals surface area contributed by atoms with E-state index in [1.54, 1.807) is 12.1 Å². The summed E-state index contributed by atoms with van der Waals surface area (Å²) in [5.41, 5.74) is 0.754. The van der Waals surface area contributed by atoms with Crippen molar-refractivity contribution in [3.8, 4) is 11.5 Å². The number of rotatable bonds is 4. The molecule has 0 radical (unpaired) electrons. The van der Waals surface area contributed by atoms with E-state index >= 15 is 0 Å². The standard InChI is InChI=1S/C12H11NO5S/c14-19(15,13-6-9-3-4-16-7-9)10-1-2-11-12(5-10)18-8-17-11/h1-5,7,13H,6,8H2. The molecule has 0 unspecified atom stereocenters. The Morgan fingerprint density at radius 1 is 1.16 bits per heavy atom. The Balaban J connectivity index is 1.80. The van der Waals surface area contributed by atoms with E-state index < -0.39 is 10.0 Å². The number of benzene rings is 1. The molecule has 0 spiro atoms. The minimum atomic E-state index is -3.59. The second-order valence-electron chi connectivity index (χ2n) is 3.97. The molecule has 6 nitrogen and oxygen atoms in total. The quantitative estimate of drug-likeness (QED) is 0.918. The van der Waals surface area contributed by atoms with Crippen molar-refractivity contribution in [2.45, 2.75) is 11.4 Å². The minimum Gasteiger partial charge on any atom is -0.472 e. The summed E-state index contributed by atoms with van der Waals surface area (Å²) in [6.45, 7) is 0.286. The van der Waals surface area contributed by atoms with Crippen LogP contribution in [0.5, 0.6) is 11.5 Å². The Kier molecular flexibility index (Phi) is 2.92. The second kappa shape index (κ2) is 4.60. The van der Waals surface area contributed by atoms with E-state index in [2.05, 4.69) is 4.72 Å². The Morgan fingerprint density at radius 3 is 2.79 bits per heavy atom. The number of sulfonamides is 1. The van der Waals surface area contributed by atoms with Gasteiger partial charge in [-0.15, -0.1) is 0 Å². The molecule has 2 aromatic rings. The smallest absolute Gasteiger partial charge is 0.241 e. The van der Waals surface area contributed by atoms with Crippen molar-refractivity contribution in [1.29, 1.82) is 0 Å². The number of fused-ring (bicyclic) bond motifs is 1. The van der Waals surface area contributed by atoms with E-state index in [0.29, 0.717) is 11.5 Å². The highest BCUT2D eigenvalue weighted by atomic mass is 32.2. The Bertz CT molecular complexity index is 678. The van der Waals surface area contributed by atoms with E-state index in [4.69, 9.17) is 13.9 Å². The van der Waals surface area contributed by atoms with Gasteiger partial charge in [0.2, 0.25) is 16.8 Å². The van der Waals surface area contributed by atoms with Crippen LogP contribution in [0.3, 0.4) is 0 Å². The van der Waals surface area contributed by atoms with Gasteiger partial charge < -0.3 is 13.9 Å². The van der Waals surface area contributed by atoms with Gasteiger partial charge in [0.15, 0.2) is 11.5 Å². The van der Waals surface area contributed by atoms with E-state index in [1.807, 2.05) is 0 Å². The van der Waals surface area contributed by atoms with Gasteiger partial charge in [0.05, 0.1) is 17.4 Å². The van der Waals surface area contributed by atoms with E-state index in [-0.39, 0.29) is 18.2 Å². The van der Waals surface area contributed by atoms with Gasteiger partial charge in [-0.05, 0) is 18.2 Å². The maximum atomic E-state index is 12.1. The molecule has 1 aliphatic heterocycles. The number of furan rings is 1. The zero-order chi connectivity index (χ0) is 13.3. The molecule has 0 bridgehead atoms. The first-order valence-electron chi connectivity index (χ1n) is 5.55. The largest absolute Gasteiger partial charge is 0.472 e. The van der Waals surface area contributed by atoms with Crippen LogP contribution in [0.2, 0.25) is 0 Å². The molecule has 19 heavy (non-hydrogen) atoms. The molecule has 3 rings (SSSR count). The molecule has 100 valence electrons. The summed E-state index contributed by atoms with van der Waals surface area (Å²) >= 11 is 0. The molecule has 0 atom stereocenters. The third kappa shape index (κ3) is 2.42. The van der Waals surface area contributed by atoms with Crippen molar-refractivity contribution in [2.75, 3.05) is 6.79 Å². The molecule has 1 aromatic carbocycles. The van der Waals surface area contributed by atoms with Gasteiger partial charge in [-0.25, -0.2) is 13.1 Å². The predicted octanol–water partition coefficient (Wildman–Crippen LogP) is 1.49. The lowest BCUT2D eigenvalue weighted by molar-refractivity contribution is 0.174. The van der Waals surface area contributed by atoms with Crippen molar-refractivity contribution >= 4 is 10.0 Å². The summed E-state index contributed by atoms with van der Waals surface area (Å²) in [6.07, 6.45) is 2.98. The maximum Gasteiger partial charge on any atom is 0.241 e. The van der Waals surface area contributed by atoms with Crippen LogP contribution in [0.4, 0.5) is 0 Å². The minimum absolute atomic E-state index is 0.112. The first-order valence-corrected chi connectivity index (χ1v) is 7.04. The lowest BCUT2D eigenvalue weighted by Gasteiger charge is -2.06. The molecule has 0 aliphatic carbocycles. The summed E-state index contributed by atoms with van der Waals surface area (Å²) in [5, 5.41) is 0. The zero-order valence-electron chi connectivity index (χ0n) is 9.83. The number of hydrogen-bond acceptors (Lipinski definition) is 5. The highest BCUT2D eigenvalue weighted by Crippen LogP contribution is 2.33. The predicted molar refractivity (Wildman–Crippen MR) is 65.3 cm³/mol. The average molecular weight is 281 g/mol. The van der Waals surface area contributed by atoms with Crippen LogP contribution in [0.25, 0.3) is 0 Å². The topological polar surface area (TPSA) is 77.8 Å². The lowest BCUT2D eigenvalue weighted by Crippen LogP contribution is -2.22. The zero-order valence-corrected chi connectivity index (χ0v) is 10.6. The summed E-state index contributed by atoms with van der Waals surface area (Å²) in [4.78, 5) is 0.139. The van der Waals surface area contributed by atoms with Crippen molar-refractivity contribution in [3.63, 3.8) is 0 Å². The summed E-state index contributed by atoms with van der Waals surface area (Å²) < 4.78 is 41.8. The molecule has 0 saturated heterocycles. The van der Waals surface area contributed by atoms with E-state index in [9.17, 15) is 8.42 Å². The fourth-order valence-corrected chi connectivity index (χ4v) is 2.73. The maximum absolute atomic E-state index is 12.1. The summed E-state index contributed by atoms with van der Waals surface area (Å²) in [6, 6.07) is 6.20. The van der Waals surface area contributed by atoms with Crippen LogP contribution in [0.1, 0.15) is 5.56 Å². The van der Waals surface area contributed by atoms with Gasteiger partial charge in [-0.1, -0.05) is 0 Å². The monoisotopic (exact) mass is 281 g/mol. The number of ether oxygens (including phenoxy) is 2. The van der Waals surface area contributed by atoms with Gasteiger partial charge >= 0.3 is 0 Å².